The van der Waals surface area contributed by atoms with Crippen molar-refractivity contribution in [1.29, 1.82) is 0 Å². The molecule has 110 valence electrons. The Balaban J connectivity index is 1.89. The van der Waals surface area contributed by atoms with Crippen molar-refractivity contribution in [1.82, 2.24) is 4.90 Å². The lowest BCUT2D eigenvalue weighted by Crippen LogP contribution is -2.28. The van der Waals surface area contributed by atoms with Crippen LogP contribution in [-0.2, 0) is 11.3 Å². The molecule has 0 aromatic heterocycles. The smallest absolute Gasteiger partial charge is 0.228 e. The van der Waals surface area contributed by atoms with Crippen molar-refractivity contribution < 1.29 is 4.79 Å². The highest BCUT2D eigenvalue weighted by atomic mass is 16.1. The Bertz CT molecular complexity index is 420. The molecule has 0 saturated carbocycles. The fourth-order valence-electron chi connectivity index (χ4n) is 2.60. The van der Waals surface area contributed by atoms with Gasteiger partial charge in [-0.1, -0.05) is 19.1 Å². The van der Waals surface area contributed by atoms with Crippen LogP contribution >= 0.6 is 0 Å². The first-order valence-corrected chi connectivity index (χ1v) is 7.55. The molecule has 20 heavy (non-hydrogen) atoms. The van der Waals surface area contributed by atoms with Crippen molar-refractivity contribution in [2.45, 2.75) is 32.7 Å². The summed E-state index contributed by atoms with van der Waals surface area (Å²) in [4.78, 5) is 14.4. The predicted octanol–water partition coefficient (Wildman–Crippen LogP) is 2.21. The summed E-state index contributed by atoms with van der Waals surface area (Å²) in [5.74, 6) is -0.0819. The summed E-state index contributed by atoms with van der Waals surface area (Å²) >= 11 is 0. The van der Waals surface area contributed by atoms with E-state index in [9.17, 15) is 4.79 Å². The number of carbonyl (C=O) groups is 1. The molecular weight excluding hydrogens is 250 g/mol. The minimum absolute atomic E-state index is 0.0160. The van der Waals surface area contributed by atoms with E-state index >= 15 is 0 Å². The number of nitrogens with zero attached hydrogens (tertiary/aromatic N) is 1. The summed E-state index contributed by atoms with van der Waals surface area (Å²) in [5, 5.41) is 2.93. The van der Waals surface area contributed by atoms with E-state index in [0.717, 1.165) is 18.7 Å². The van der Waals surface area contributed by atoms with E-state index in [1.807, 2.05) is 19.1 Å². The van der Waals surface area contributed by atoms with Crippen LogP contribution in [0, 0.1) is 5.92 Å². The van der Waals surface area contributed by atoms with Gasteiger partial charge in [0, 0.05) is 18.8 Å². The lowest BCUT2D eigenvalue weighted by atomic mass is 10.1. The van der Waals surface area contributed by atoms with Gasteiger partial charge in [0.1, 0.15) is 0 Å². The molecule has 2 rings (SSSR count). The molecule has 0 spiro atoms. The van der Waals surface area contributed by atoms with Gasteiger partial charge in [0.25, 0.3) is 0 Å². The van der Waals surface area contributed by atoms with Gasteiger partial charge in [0.15, 0.2) is 0 Å². The highest BCUT2D eigenvalue weighted by Gasteiger charge is 2.15. The van der Waals surface area contributed by atoms with E-state index in [-0.39, 0.29) is 11.8 Å². The molecule has 0 radical (unpaired) electrons. The third kappa shape index (κ3) is 4.05. The number of anilines is 1. The van der Waals surface area contributed by atoms with Crippen molar-refractivity contribution in [3.8, 4) is 0 Å². The lowest BCUT2D eigenvalue weighted by Gasteiger charge is -2.15. The number of benzene rings is 1. The zero-order valence-corrected chi connectivity index (χ0v) is 12.3. The quantitative estimate of drug-likeness (QED) is 0.837. The number of carbonyl (C=O) groups excluding carboxylic acids is 1. The first kappa shape index (κ1) is 15.0. The van der Waals surface area contributed by atoms with E-state index in [1.54, 1.807) is 0 Å². The predicted molar refractivity (Wildman–Crippen MR) is 82.4 cm³/mol. The van der Waals surface area contributed by atoms with Crippen molar-refractivity contribution in [2.75, 3.05) is 25.0 Å². The largest absolute Gasteiger partial charge is 0.330 e. The van der Waals surface area contributed by atoms with E-state index in [2.05, 4.69) is 22.3 Å². The second kappa shape index (κ2) is 7.41. The van der Waals surface area contributed by atoms with Gasteiger partial charge in [-0.3, -0.25) is 9.69 Å². The second-order valence-corrected chi connectivity index (χ2v) is 5.51. The van der Waals surface area contributed by atoms with Gasteiger partial charge in [0.05, 0.1) is 5.92 Å². The SMILES string of the molecule is CCC(CN)C(=O)Nc1ccc(CN2CCCC2)cc1. The highest BCUT2D eigenvalue weighted by Crippen LogP contribution is 2.16. The number of hydrogen-bond donors (Lipinski definition) is 2. The number of nitrogens with two attached hydrogens (primary N) is 1. The zero-order valence-electron chi connectivity index (χ0n) is 12.3. The summed E-state index contributed by atoms with van der Waals surface area (Å²) in [5.41, 5.74) is 7.74. The van der Waals surface area contributed by atoms with Crippen molar-refractivity contribution in [3.63, 3.8) is 0 Å². The molecule has 1 heterocycles. The molecule has 1 aliphatic heterocycles. The Hall–Kier alpha value is -1.39. The van der Waals surface area contributed by atoms with Crippen molar-refractivity contribution in [3.05, 3.63) is 29.8 Å². The number of rotatable bonds is 6. The average molecular weight is 275 g/mol. The maximum atomic E-state index is 11.9. The molecular formula is C16H25N3O. The molecule has 1 aliphatic rings. The number of amides is 1. The van der Waals surface area contributed by atoms with Gasteiger partial charge in [-0.15, -0.1) is 0 Å². The Labute approximate surface area is 121 Å². The molecule has 1 amide bonds. The van der Waals surface area contributed by atoms with Gasteiger partial charge < -0.3 is 11.1 Å². The standard InChI is InChI=1S/C16H25N3O/c1-2-14(11-17)16(20)18-15-7-5-13(6-8-15)12-19-9-3-4-10-19/h5-8,14H,2-4,9-12,17H2,1H3,(H,18,20). The van der Waals surface area contributed by atoms with Crippen molar-refractivity contribution in [2.24, 2.45) is 11.7 Å². The van der Waals surface area contributed by atoms with E-state index in [0.29, 0.717) is 6.54 Å². The van der Waals surface area contributed by atoms with Gasteiger partial charge >= 0.3 is 0 Å². The first-order valence-electron chi connectivity index (χ1n) is 7.55. The fourth-order valence-corrected chi connectivity index (χ4v) is 2.60. The molecule has 1 fully saturated rings. The molecule has 4 nitrogen and oxygen atoms in total. The number of hydrogen-bond acceptors (Lipinski definition) is 3. The van der Waals surface area contributed by atoms with Gasteiger partial charge in [-0.2, -0.15) is 0 Å². The summed E-state index contributed by atoms with van der Waals surface area (Å²) in [6.07, 6.45) is 3.40. The van der Waals surface area contributed by atoms with E-state index in [4.69, 9.17) is 5.73 Å². The van der Waals surface area contributed by atoms with Crippen molar-refractivity contribution >= 4 is 11.6 Å². The van der Waals surface area contributed by atoms with Gasteiger partial charge in [-0.05, 0) is 50.0 Å². The summed E-state index contributed by atoms with van der Waals surface area (Å²) in [6, 6.07) is 8.15. The Morgan fingerprint density at radius 1 is 1.30 bits per heavy atom. The topological polar surface area (TPSA) is 58.4 Å². The number of likely N-dealkylation sites (tertiary alicyclic amines) is 1. The van der Waals surface area contributed by atoms with Crippen LogP contribution in [0.15, 0.2) is 24.3 Å². The molecule has 1 aromatic carbocycles. The van der Waals surface area contributed by atoms with Crippen LogP contribution in [0.1, 0.15) is 31.7 Å². The van der Waals surface area contributed by atoms with Gasteiger partial charge in [0.2, 0.25) is 5.91 Å². The molecule has 1 aromatic rings. The van der Waals surface area contributed by atoms with Crippen LogP contribution in [0.4, 0.5) is 5.69 Å². The van der Waals surface area contributed by atoms with E-state index < -0.39 is 0 Å². The van der Waals surface area contributed by atoms with Crippen LogP contribution in [-0.4, -0.2) is 30.4 Å². The maximum absolute atomic E-state index is 11.9. The minimum Gasteiger partial charge on any atom is -0.330 e. The highest BCUT2D eigenvalue weighted by molar-refractivity contribution is 5.92. The maximum Gasteiger partial charge on any atom is 0.228 e. The molecule has 1 saturated heterocycles. The minimum atomic E-state index is -0.0979. The number of nitrogens with one attached hydrogen (secondary N) is 1. The first-order chi connectivity index (χ1) is 9.72. The van der Waals surface area contributed by atoms with E-state index in [1.165, 1.54) is 31.5 Å². The van der Waals surface area contributed by atoms with Gasteiger partial charge in [-0.25, -0.2) is 0 Å². The second-order valence-electron chi connectivity index (χ2n) is 5.51. The Morgan fingerprint density at radius 2 is 1.95 bits per heavy atom. The normalized spacial score (nSPS) is 17.1. The Morgan fingerprint density at radius 3 is 2.50 bits per heavy atom. The molecule has 0 bridgehead atoms. The summed E-state index contributed by atoms with van der Waals surface area (Å²) in [6.45, 7) is 5.79. The summed E-state index contributed by atoms with van der Waals surface area (Å²) < 4.78 is 0. The zero-order chi connectivity index (χ0) is 14.4. The molecule has 3 N–H and O–H groups in total. The fraction of sp³-hybridized carbons (Fsp3) is 0.562. The van der Waals surface area contributed by atoms with Crippen LogP contribution in [0.5, 0.6) is 0 Å². The van der Waals surface area contributed by atoms with Crippen LogP contribution in [0.25, 0.3) is 0 Å². The summed E-state index contributed by atoms with van der Waals surface area (Å²) in [7, 11) is 0. The molecule has 0 aliphatic carbocycles. The molecule has 1 atom stereocenters. The third-order valence-corrected chi connectivity index (χ3v) is 3.97. The molecule has 4 heteroatoms. The van der Waals surface area contributed by atoms with Crippen LogP contribution in [0.3, 0.4) is 0 Å². The Kier molecular flexibility index (Phi) is 5.56. The molecule has 1 unspecified atom stereocenters. The average Bonchev–Trinajstić information content (AvgIpc) is 2.95. The lowest BCUT2D eigenvalue weighted by molar-refractivity contribution is -0.119. The monoisotopic (exact) mass is 275 g/mol. The van der Waals surface area contributed by atoms with Crippen LogP contribution in [0.2, 0.25) is 0 Å². The third-order valence-electron chi connectivity index (χ3n) is 3.97. The van der Waals surface area contributed by atoms with Crippen LogP contribution < -0.4 is 11.1 Å².